The van der Waals surface area contributed by atoms with Crippen LogP contribution in [0.3, 0.4) is 0 Å². The molecule has 5 aliphatic rings. The van der Waals surface area contributed by atoms with Gasteiger partial charge in [-0.25, -0.2) is 0 Å². The lowest BCUT2D eigenvalue weighted by Crippen LogP contribution is -2.71. The van der Waals surface area contributed by atoms with Crippen molar-refractivity contribution in [2.75, 3.05) is 6.61 Å². The number of aliphatic hydroxyl groups is 4. The average molecular weight is 475 g/mol. The fourth-order valence-electron chi connectivity index (χ4n) is 11.1. The molecular formula is C30H50O4. The van der Waals surface area contributed by atoms with Crippen molar-refractivity contribution < 1.29 is 20.4 Å². The van der Waals surface area contributed by atoms with Crippen molar-refractivity contribution in [2.45, 2.75) is 112 Å². The molecule has 0 saturated heterocycles. The highest BCUT2D eigenvalue weighted by Crippen LogP contribution is 2.75. The summed E-state index contributed by atoms with van der Waals surface area (Å²) in [5, 5.41) is 43.6. The number of fused-ring (bicyclic) bond motifs is 7. The maximum Gasteiger partial charge on any atom is 0.107 e. The molecule has 5 aliphatic carbocycles. The molecule has 4 heteroatoms. The van der Waals surface area contributed by atoms with Gasteiger partial charge >= 0.3 is 0 Å². The van der Waals surface area contributed by atoms with Crippen molar-refractivity contribution in [2.24, 2.45) is 56.7 Å². The van der Waals surface area contributed by atoms with E-state index in [4.69, 9.17) is 0 Å². The Labute approximate surface area is 207 Å². The zero-order chi connectivity index (χ0) is 25.1. The summed E-state index contributed by atoms with van der Waals surface area (Å²) in [5.74, 6) is 1.82. The Kier molecular flexibility index (Phi) is 5.61. The average Bonchev–Trinajstić information content (AvgIpc) is 2.77. The molecule has 0 unspecified atom stereocenters. The molecule has 194 valence electrons. The lowest BCUT2D eigenvalue weighted by molar-refractivity contribution is -0.278. The van der Waals surface area contributed by atoms with Crippen LogP contribution >= 0.6 is 0 Å². The van der Waals surface area contributed by atoms with Gasteiger partial charge < -0.3 is 20.4 Å². The molecular weight excluding hydrogens is 424 g/mol. The maximum atomic E-state index is 11.5. The third kappa shape index (κ3) is 2.81. The van der Waals surface area contributed by atoms with E-state index in [1.807, 2.05) is 0 Å². The number of allylic oxidation sites excluding steroid dienone is 2. The molecule has 12 atom stereocenters. The second-order valence-corrected chi connectivity index (χ2v) is 14.8. The number of aliphatic hydroxyl groups excluding tert-OH is 4. The largest absolute Gasteiger partial charge is 0.396 e. The second kappa shape index (κ2) is 7.55. The Hall–Kier alpha value is -0.420. The van der Waals surface area contributed by atoms with Gasteiger partial charge in [-0.15, -0.1) is 0 Å². The minimum absolute atomic E-state index is 0.0363. The Balaban J connectivity index is 1.62. The lowest BCUT2D eigenvalue weighted by atomic mass is 9.33. The van der Waals surface area contributed by atoms with Crippen molar-refractivity contribution >= 4 is 0 Å². The van der Waals surface area contributed by atoms with Gasteiger partial charge in [-0.1, -0.05) is 60.1 Å². The van der Waals surface area contributed by atoms with Gasteiger partial charge in [0.25, 0.3) is 0 Å². The van der Waals surface area contributed by atoms with Gasteiger partial charge in [0.1, 0.15) is 6.10 Å². The highest BCUT2D eigenvalue weighted by atomic mass is 16.4. The summed E-state index contributed by atoms with van der Waals surface area (Å²) < 4.78 is 0. The van der Waals surface area contributed by atoms with Crippen LogP contribution in [0.25, 0.3) is 0 Å². The summed E-state index contributed by atoms with van der Waals surface area (Å²) in [7, 11) is 0. The molecule has 0 heterocycles. The first-order valence-corrected chi connectivity index (χ1v) is 14.1. The van der Waals surface area contributed by atoms with Gasteiger partial charge in [-0.3, -0.25) is 0 Å². The third-order valence-electron chi connectivity index (χ3n) is 13.5. The first kappa shape index (κ1) is 25.2. The summed E-state index contributed by atoms with van der Waals surface area (Å²) >= 11 is 0. The molecule has 0 radical (unpaired) electrons. The van der Waals surface area contributed by atoms with Crippen LogP contribution < -0.4 is 0 Å². The predicted octanol–water partition coefficient (Wildman–Crippen LogP) is 4.94. The van der Waals surface area contributed by atoms with E-state index in [1.54, 1.807) is 5.57 Å². The van der Waals surface area contributed by atoms with E-state index in [9.17, 15) is 20.4 Å². The van der Waals surface area contributed by atoms with Crippen LogP contribution in [0.5, 0.6) is 0 Å². The van der Waals surface area contributed by atoms with Gasteiger partial charge in [-0.05, 0) is 96.2 Å². The van der Waals surface area contributed by atoms with Crippen molar-refractivity contribution in [3.05, 3.63) is 11.6 Å². The van der Waals surface area contributed by atoms with E-state index in [0.717, 1.165) is 25.7 Å². The SMILES string of the molecule is C[C@H]1[C@H](CO)CC[C@]2(C)CC[C@]3(C)C(=CC[C@@H]4[C@@]5(C)[C@@H](O)[C@@H](O)[C@H](O)C(C)(C)[C@@H]5CC[C@]43C)[C@H]12. The van der Waals surface area contributed by atoms with Crippen LogP contribution in [0.2, 0.25) is 0 Å². The number of hydrogen-bond donors (Lipinski definition) is 4. The molecule has 4 fully saturated rings. The highest BCUT2D eigenvalue weighted by Gasteiger charge is 2.71. The quantitative estimate of drug-likeness (QED) is 0.406. The fraction of sp³-hybridized carbons (Fsp3) is 0.933. The predicted molar refractivity (Wildman–Crippen MR) is 135 cm³/mol. The zero-order valence-corrected chi connectivity index (χ0v) is 22.6. The third-order valence-corrected chi connectivity index (χ3v) is 13.5. The fourth-order valence-corrected chi connectivity index (χ4v) is 11.1. The topological polar surface area (TPSA) is 80.9 Å². The summed E-state index contributed by atoms with van der Waals surface area (Å²) in [5.41, 5.74) is 1.17. The molecule has 34 heavy (non-hydrogen) atoms. The van der Waals surface area contributed by atoms with Crippen LogP contribution in [0.1, 0.15) is 93.4 Å². The molecule has 4 saturated carbocycles. The van der Waals surface area contributed by atoms with Crippen molar-refractivity contribution in [1.82, 2.24) is 0 Å². The van der Waals surface area contributed by atoms with Gasteiger partial charge in [0.15, 0.2) is 0 Å². The molecule has 0 aliphatic heterocycles. The zero-order valence-electron chi connectivity index (χ0n) is 22.6. The monoisotopic (exact) mass is 474 g/mol. The Morgan fingerprint density at radius 3 is 2.18 bits per heavy atom. The Bertz CT molecular complexity index is 866. The first-order valence-electron chi connectivity index (χ1n) is 14.1. The van der Waals surface area contributed by atoms with Crippen LogP contribution in [-0.2, 0) is 0 Å². The Morgan fingerprint density at radius 1 is 0.853 bits per heavy atom. The van der Waals surface area contributed by atoms with E-state index in [1.165, 1.54) is 19.3 Å². The molecule has 0 aromatic carbocycles. The number of rotatable bonds is 1. The minimum Gasteiger partial charge on any atom is -0.396 e. The molecule has 0 amide bonds. The number of hydrogen-bond acceptors (Lipinski definition) is 4. The van der Waals surface area contributed by atoms with Gasteiger partial charge in [0, 0.05) is 12.0 Å². The van der Waals surface area contributed by atoms with Crippen molar-refractivity contribution in [3.8, 4) is 0 Å². The highest BCUT2D eigenvalue weighted by molar-refractivity contribution is 5.34. The van der Waals surface area contributed by atoms with Gasteiger partial charge in [-0.2, -0.15) is 0 Å². The van der Waals surface area contributed by atoms with Crippen LogP contribution in [-0.4, -0.2) is 45.3 Å². The first-order chi connectivity index (χ1) is 15.7. The summed E-state index contributed by atoms with van der Waals surface area (Å²) in [4.78, 5) is 0. The summed E-state index contributed by atoms with van der Waals surface area (Å²) in [6, 6.07) is 0. The van der Waals surface area contributed by atoms with Gasteiger partial charge in [0.2, 0.25) is 0 Å². The molecule has 0 aromatic rings. The van der Waals surface area contributed by atoms with Crippen molar-refractivity contribution in [1.29, 1.82) is 0 Å². The minimum atomic E-state index is -1.10. The lowest BCUT2D eigenvalue weighted by Gasteiger charge is -2.72. The Morgan fingerprint density at radius 2 is 1.53 bits per heavy atom. The van der Waals surface area contributed by atoms with Gasteiger partial charge in [0.05, 0.1) is 12.2 Å². The molecule has 0 aromatic heterocycles. The molecule has 0 bridgehead atoms. The molecule has 0 spiro atoms. The molecule has 5 rings (SSSR count). The van der Waals surface area contributed by atoms with E-state index in [2.05, 4.69) is 54.5 Å². The van der Waals surface area contributed by atoms with Crippen LogP contribution in [0, 0.1) is 56.7 Å². The second-order valence-electron chi connectivity index (χ2n) is 14.8. The van der Waals surface area contributed by atoms with Crippen LogP contribution in [0.4, 0.5) is 0 Å². The van der Waals surface area contributed by atoms with E-state index < -0.39 is 29.1 Å². The smallest absolute Gasteiger partial charge is 0.107 e. The van der Waals surface area contributed by atoms with E-state index in [-0.39, 0.29) is 22.7 Å². The van der Waals surface area contributed by atoms with E-state index >= 15 is 0 Å². The maximum absolute atomic E-state index is 11.5. The van der Waals surface area contributed by atoms with Crippen molar-refractivity contribution in [3.63, 3.8) is 0 Å². The normalized spacial score (nSPS) is 58.6. The summed E-state index contributed by atoms with van der Waals surface area (Å²) in [6.45, 7) is 16.6. The standard InChI is InChI=1S/C30H50O4/c1-17-18(16-31)10-12-27(4)14-15-28(5)19(22(17)27)8-9-21-29(28,6)13-11-20-26(2,3)24(33)23(32)25(34)30(20,21)7/h8,17-18,20-25,31-34H,9-16H2,1-7H3/t17-,18-,20-,21-,22-,23-,24-,25-,27+,28+,29+,30-/m0/s1. The summed E-state index contributed by atoms with van der Waals surface area (Å²) in [6.07, 6.45) is 7.41. The molecule has 4 nitrogen and oxygen atoms in total. The van der Waals surface area contributed by atoms with Crippen LogP contribution in [0.15, 0.2) is 11.6 Å². The molecule has 4 N–H and O–H groups in total. The van der Waals surface area contributed by atoms with E-state index in [0.29, 0.717) is 29.8 Å².